The highest BCUT2D eigenvalue weighted by molar-refractivity contribution is 9.11. The summed E-state index contributed by atoms with van der Waals surface area (Å²) in [5, 5.41) is 3.46. The molecule has 86 valence electrons. The lowest BCUT2D eigenvalue weighted by atomic mass is 10.3. The van der Waals surface area contributed by atoms with Crippen molar-refractivity contribution in [1.29, 1.82) is 0 Å². The van der Waals surface area contributed by atoms with Crippen molar-refractivity contribution in [1.82, 2.24) is 10.2 Å². The summed E-state index contributed by atoms with van der Waals surface area (Å²) < 4.78 is 1.21. The molecule has 0 unspecified atom stereocenters. The Balaban J connectivity index is 1.98. The predicted octanol–water partition coefficient (Wildman–Crippen LogP) is 2.94. The van der Waals surface area contributed by atoms with Gasteiger partial charge in [-0.2, -0.15) is 0 Å². The van der Waals surface area contributed by atoms with Gasteiger partial charge in [-0.3, -0.25) is 0 Å². The van der Waals surface area contributed by atoms with Crippen LogP contribution in [0.3, 0.4) is 0 Å². The smallest absolute Gasteiger partial charge is 0.0701 e. The molecule has 0 aliphatic carbocycles. The van der Waals surface area contributed by atoms with Gasteiger partial charge in [0.15, 0.2) is 0 Å². The third-order valence-corrected chi connectivity index (χ3v) is 3.76. The van der Waals surface area contributed by atoms with Gasteiger partial charge in [0, 0.05) is 11.4 Å². The number of rotatable bonds is 7. The van der Waals surface area contributed by atoms with E-state index in [1.54, 1.807) is 11.3 Å². The molecule has 0 radical (unpaired) electrons. The fraction of sp³-hybridized carbons (Fsp3) is 0.636. The van der Waals surface area contributed by atoms with E-state index >= 15 is 0 Å². The highest BCUT2D eigenvalue weighted by Gasteiger charge is 1.96. The van der Waals surface area contributed by atoms with Crippen LogP contribution in [-0.4, -0.2) is 32.1 Å². The highest BCUT2D eigenvalue weighted by atomic mass is 79.9. The maximum atomic E-state index is 3.47. The van der Waals surface area contributed by atoms with Crippen molar-refractivity contribution in [3.05, 3.63) is 20.8 Å². The van der Waals surface area contributed by atoms with Crippen molar-refractivity contribution in [2.45, 2.75) is 19.4 Å². The first-order valence-corrected chi connectivity index (χ1v) is 6.89. The second-order valence-corrected chi connectivity index (χ2v) is 6.44. The number of hydrogen-bond acceptors (Lipinski definition) is 3. The largest absolute Gasteiger partial charge is 0.312 e. The van der Waals surface area contributed by atoms with E-state index in [1.807, 2.05) is 0 Å². The van der Waals surface area contributed by atoms with E-state index in [0.717, 1.165) is 13.1 Å². The second-order valence-electron chi connectivity index (χ2n) is 3.89. The van der Waals surface area contributed by atoms with E-state index in [4.69, 9.17) is 0 Å². The van der Waals surface area contributed by atoms with Crippen LogP contribution in [0.4, 0.5) is 0 Å². The summed E-state index contributed by atoms with van der Waals surface area (Å²) in [6.45, 7) is 3.30. The molecular weight excluding hydrogens is 272 g/mol. The van der Waals surface area contributed by atoms with E-state index in [9.17, 15) is 0 Å². The zero-order valence-corrected chi connectivity index (χ0v) is 11.8. The Morgan fingerprint density at radius 3 is 2.73 bits per heavy atom. The van der Waals surface area contributed by atoms with E-state index in [2.05, 4.69) is 52.4 Å². The molecule has 0 bridgehead atoms. The number of thiophene rings is 1. The Labute approximate surface area is 105 Å². The third kappa shape index (κ3) is 6.30. The van der Waals surface area contributed by atoms with Crippen LogP contribution in [0.2, 0.25) is 0 Å². The lowest BCUT2D eigenvalue weighted by Crippen LogP contribution is -2.17. The Bertz CT molecular complexity index is 273. The van der Waals surface area contributed by atoms with Crippen LogP contribution >= 0.6 is 27.3 Å². The quantitative estimate of drug-likeness (QED) is 0.777. The Kier molecular flexibility index (Phi) is 6.48. The molecule has 4 heteroatoms. The number of unbranched alkanes of at least 4 members (excludes halogenated alkanes) is 1. The maximum Gasteiger partial charge on any atom is 0.0701 e. The van der Waals surface area contributed by atoms with Gasteiger partial charge in [-0.25, -0.2) is 0 Å². The summed E-state index contributed by atoms with van der Waals surface area (Å²) >= 11 is 5.27. The Morgan fingerprint density at radius 2 is 2.13 bits per heavy atom. The van der Waals surface area contributed by atoms with E-state index in [0.29, 0.717) is 0 Å². The molecule has 0 aromatic carbocycles. The Morgan fingerprint density at radius 1 is 1.33 bits per heavy atom. The first kappa shape index (κ1) is 13.2. The maximum absolute atomic E-state index is 3.47. The van der Waals surface area contributed by atoms with Gasteiger partial charge in [0.1, 0.15) is 0 Å². The summed E-state index contributed by atoms with van der Waals surface area (Å²) in [5.41, 5.74) is 0. The van der Waals surface area contributed by atoms with Crippen LogP contribution in [0.15, 0.2) is 15.9 Å². The van der Waals surface area contributed by atoms with E-state index in [1.165, 1.54) is 28.0 Å². The van der Waals surface area contributed by atoms with Crippen LogP contribution in [-0.2, 0) is 6.54 Å². The zero-order valence-electron chi connectivity index (χ0n) is 9.42. The minimum absolute atomic E-state index is 0.998. The first-order chi connectivity index (χ1) is 7.18. The van der Waals surface area contributed by atoms with Gasteiger partial charge in [0.25, 0.3) is 0 Å². The molecule has 1 heterocycles. The highest BCUT2D eigenvalue weighted by Crippen LogP contribution is 2.21. The van der Waals surface area contributed by atoms with Crippen molar-refractivity contribution in [3.63, 3.8) is 0 Å². The van der Waals surface area contributed by atoms with E-state index < -0.39 is 0 Å². The van der Waals surface area contributed by atoms with Crippen LogP contribution in [0.1, 0.15) is 17.7 Å². The fourth-order valence-electron chi connectivity index (χ4n) is 1.34. The monoisotopic (exact) mass is 290 g/mol. The number of nitrogens with one attached hydrogen (secondary N) is 1. The SMILES string of the molecule is CN(C)CCCCNCc1ccc(Br)s1. The van der Waals surface area contributed by atoms with Gasteiger partial charge in [-0.1, -0.05) is 0 Å². The van der Waals surface area contributed by atoms with Crippen molar-refractivity contribution in [2.24, 2.45) is 0 Å². The molecule has 1 aromatic rings. The fourth-order valence-corrected chi connectivity index (χ4v) is 2.79. The normalized spacial score (nSPS) is 11.2. The molecule has 0 saturated heterocycles. The molecule has 0 aliphatic rings. The molecule has 0 spiro atoms. The third-order valence-electron chi connectivity index (χ3n) is 2.14. The summed E-state index contributed by atoms with van der Waals surface area (Å²) in [4.78, 5) is 3.63. The minimum Gasteiger partial charge on any atom is -0.312 e. The van der Waals surface area contributed by atoms with Crippen molar-refractivity contribution < 1.29 is 0 Å². The van der Waals surface area contributed by atoms with Gasteiger partial charge in [-0.05, 0) is 68.1 Å². The van der Waals surface area contributed by atoms with Gasteiger partial charge >= 0.3 is 0 Å². The molecule has 2 nitrogen and oxygen atoms in total. The molecule has 0 amide bonds. The van der Waals surface area contributed by atoms with Crippen molar-refractivity contribution in [2.75, 3.05) is 27.2 Å². The summed E-state index contributed by atoms with van der Waals surface area (Å²) in [7, 11) is 4.24. The van der Waals surface area contributed by atoms with Gasteiger partial charge in [0.2, 0.25) is 0 Å². The average Bonchev–Trinajstić information content (AvgIpc) is 2.57. The molecule has 0 fully saturated rings. The van der Waals surface area contributed by atoms with Crippen LogP contribution < -0.4 is 5.32 Å². The van der Waals surface area contributed by atoms with Crippen molar-refractivity contribution >= 4 is 27.3 Å². The predicted molar refractivity (Wildman–Crippen MR) is 71.5 cm³/mol. The van der Waals surface area contributed by atoms with Crippen LogP contribution in [0.25, 0.3) is 0 Å². The lowest BCUT2D eigenvalue weighted by Gasteiger charge is -2.08. The van der Waals surface area contributed by atoms with Crippen LogP contribution in [0, 0.1) is 0 Å². The molecule has 1 N–H and O–H groups in total. The minimum atomic E-state index is 0.998. The zero-order chi connectivity index (χ0) is 11.1. The molecule has 0 aliphatic heterocycles. The number of hydrogen-bond donors (Lipinski definition) is 1. The number of nitrogens with zero attached hydrogens (tertiary/aromatic N) is 1. The molecule has 0 saturated carbocycles. The average molecular weight is 291 g/mol. The second kappa shape index (κ2) is 7.39. The standard InChI is InChI=1S/C11H19BrN2S/c1-14(2)8-4-3-7-13-9-10-5-6-11(12)15-10/h5-6,13H,3-4,7-9H2,1-2H3. The topological polar surface area (TPSA) is 15.3 Å². The van der Waals surface area contributed by atoms with Gasteiger partial charge in [-0.15, -0.1) is 11.3 Å². The molecule has 15 heavy (non-hydrogen) atoms. The molecule has 1 aromatic heterocycles. The van der Waals surface area contributed by atoms with E-state index in [-0.39, 0.29) is 0 Å². The van der Waals surface area contributed by atoms with Crippen molar-refractivity contribution in [3.8, 4) is 0 Å². The summed E-state index contributed by atoms with van der Waals surface area (Å²) in [6.07, 6.45) is 2.53. The Hall–Kier alpha value is 0.1000. The van der Waals surface area contributed by atoms with Gasteiger partial charge < -0.3 is 10.2 Å². The van der Waals surface area contributed by atoms with Gasteiger partial charge in [0.05, 0.1) is 3.79 Å². The first-order valence-electron chi connectivity index (χ1n) is 5.28. The summed E-state index contributed by atoms with van der Waals surface area (Å²) in [5.74, 6) is 0. The lowest BCUT2D eigenvalue weighted by molar-refractivity contribution is 0.392. The van der Waals surface area contributed by atoms with Crippen LogP contribution in [0.5, 0.6) is 0 Å². The summed E-state index contributed by atoms with van der Waals surface area (Å²) in [6, 6.07) is 4.27. The molecule has 0 atom stereocenters. The number of halogens is 1. The molecular formula is C11H19BrN2S. The molecule has 1 rings (SSSR count).